The lowest BCUT2D eigenvalue weighted by Crippen LogP contribution is -2.35. The number of carbonyl (C=O) groups excluding carboxylic acids is 2. The highest BCUT2D eigenvalue weighted by atomic mass is 79.9. The fourth-order valence-electron chi connectivity index (χ4n) is 6.87. The number of nitrogens with one attached hydrogen (secondary N) is 1. The molecule has 2 unspecified atom stereocenters. The van der Waals surface area contributed by atoms with Gasteiger partial charge in [-0.2, -0.15) is 0 Å². The van der Waals surface area contributed by atoms with E-state index in [1.54, 1.807) is 32.0 Å². The first-order valence-corrected chi connectivity index (χ1v) is 24.0. The van der Waals surface area contributed by atoms with Crippen molar-refractivity contribution in [2.45, 2.75) is 154 Å². The van der Waals surface area contributed by atoms with Crippen molar-refractivity contribution in [2.75, 3.05) is 51.2 Å². The van der Waals surface area contributed by atoms with Crippen molar-refractivity contribution in [1.29, 1.82) is 0 Å². The van der Waals surface area contributed by atoms with Gasteiger partial charge in [0.25, 0.3) is 0 Å². The molecule has 0 spiro atoms. The summed E-state index contributed by atoms with van der Waals surface area (Å²) in [4.78, 5) is 24.7. The third-order valence-corrected chi connectivity index (χ3v) is 10.9. The minimum atomic E-state index is -3.63. The van der Waals surface area contributed by atoms with Gasteiger partial charge in [-0.05, 0) is 110 Å². The smallest absolute Gasteiger partial charge is 0.410 e. The minimum absolute atomic E-state index is 0.0254. The molecule has 4 aliphatic heterocycles. The molecule has 4 aromatic carbocycles. The molecule has 2 saturated heterocycles. The molecule has 4 aliphatic rings. The first-order valence-electron chi connectivity index (χ1n) is 36.2. The normalized spacial score (nSPS) is 25.6. The summed E-state index contributed by atoms with van der Waals surface area (Å²) in [6, 6.07) is 11.4. The molecule has 0 aliphatic carbocycles. The second-order valence-corrected chi connectivity index (χ2v) is 17.4. The van der Waals surface area contributed by atoms with Crippen molar-refractivity contribution in [3.05, 3.63) is 130 Å². The molecule has 2 amide bonds. The van der Waals surface area contributed by atoms with Crippen LogP contribution in [-0.4, -0.2) is 79.9 Å². The average molecular weight is 1070 g/mol. The number of hydrogen-bond acceptors (Lipinski definition) is 10. The third kappa shape index (κ3) is 20.1. The van der Waals surface area contributed by atoms with E-state index >= 15 is 0 Å². The molecule has 8 rings (SSSR count). The number of ether oxygens (including phenoxy) is 8. The number of hydrogen-bond donors (Lipinski definition) is 1. The largest absolute Gasteiger partial charge is 0.463 e. The van der Waals surface area contributed by atoms with Gasteiger partial charge in [0.05, 0.1) is 40.0 Å². The van der Waals surface area contributed by atoms with Crippen LogP contribution in [0.2, 0.25) is 0 Å². The van der Waals surface area contributed by atoms with Crippen LogP contribution >= 0.6 is 15.9 Å². The molecule has 13 heteroatoms. The van der Waals surface area contributed by atoms with E-state index in [1.807, 2.05) is 32.0 Å². The zero-order valence-corrected chi connectivity index (χ0v) is 41.8. The number of alkyl carbamates (subject to hydrolysis) is 1. The zero-order chi connectivity index (χ0) is 73.3. The molecule has 0 aromatic heterocycles. The number of fused-ring (bicyclic) bond motifs is 2. The van der Waals surface area contributed by atoms with Crippen LogP contribution in [0, 0.1) is 0 Å². The summed E-state index contributed by atoms with van der Waals surface area (Å²) in [5.41, 5.74) is 1.79. The highest BCUT2D eigenvalue weighted by molar-refractivity contribution is 9.09. The van der Waals surface area contributed by atoms with Crippen molar-refractivity contribution in [3.63, 3.8) is 0 Å². The number of amides is 2. The SMILES string of the molecule is CC1(C)OCc2cc(C3CNC(=O)O3)ccc2O1.[2H]c1cc([2H])c(C([2H])([2H])C([2H])([2H])C([2H])([2H])C([2H])([2H])OCCCCCC([2H])([2H])Br)c([2H])c1.[2H]c1cc([2H])c(C([2H])([2H])C([2H])([2H])C([2H])([2H])C([2H])([2H])OCCCCCC([2H])([2H])N2CC(c3ccc4c(c3)COC(C)(C)O4)OC2=O)c([2H])c1. The van der Waals surface area contributed by atoms with E-state index in [0.29, 0.717) is 43.9 Å². The molecule has 2 fully saturated rings. The van der Waals surface area contributed by atoms with E-state index in [-0.39, 0.29) is 76.0 Å². The van der Waals surface area contributed by atoms with Gasteiger partial charge in [-0.25, -0.2) is 9.59 Å². The maximum atomic E-state index is 12.6. The molecule has 0 radical (unpaired) electrons. The van der Waals surface area contributed by atoms with Gasteiger partial charge >= 0.3 is 12.2 Å². The fourth-order valence-corrected chi connectivity index (χ4v) is 7.15. The van der Waals surface area contributed by atoms with Gasteiger partial charge in [0, 0.05) is 98.9 Å². The van der Waals surface area contributed by atoms with Gasteiger partial charge in [-0.15, -0.1) is 0 Å². The monoisotopic (exact) mass is 1070 g/mol. The highest BCUT2D eigenvalue weighted by Gasteiger charge is 2.34. The number of rotatable bonds is 25. The van der Waals surface area contributed by atoms with Gasteiger partial charge in [0.1, 0.15) is 23.7 Å². The number of unbranched alkanes of at least 4 members (excludes halogenated alkanes) is 4. The summed E-state index contributed by atoms with van der Waals surface area (Å²) >= 11 is 2.86. The van der Waals surface area contributed by atoms with Crippen LogP contribution in [0.1, 0.15) is 186 Å². The Kier molecular flexibility index (Phi) is 12.5. The Balaban J connectivity index is 0.000000257. The first-order chi connectivity index (χ1) is 44.2. The third-order valence-electron chi connectivity index (χ3n) is 10.5. The van der Waals surface area contributed by atoms with Crippen molar-refractivity contribution < 1.29 is 83.1 Å². The van der Waals surface area contributed by atoms with E-state index < -0.39 is 129 Å². The van der Waals surface area contributed by atoms with E-state index in [4.69, 9.17) is 73.5 Å². The van der Waals surface area contributed by atoms with Gasteiger partial charge in [0.2, 0.25) is 11.6 Å². The maximum absolute atomic E-state index is 12.6. The van der Waals surface area contributed by atoms with Gasteiger partial charge < -0.3 is 48.1 Å². The average Bonchev–Trinajstić information content (AvgIpc) is 1.02. The lowest BCUT2D eigenvalue weighted by atomic mass is 10.0. The van der Waals surface area contributed by atoms with E-state index in [9.17, 15) is 9.59 Å². The Labute approximate surface area is 468 Å². The standard InChI is InChI=1S/C29H39NO5.C16H25BrO.C13H15NO4/c1-29(2)33-22-25-20-24(15-16-26(25)35-29)27-21-30(28(31)34-27)17-9-3-4-10-18-32-19-11-8-14-23-12-6-5-7-13-23;17-13-7-1-2-8-14-18-15-9-6-12-16-10-4-3-5-11-16;1-13(2)16-7-9-5-8(3-4-10(9)18-13)11-6-14-12(15)17-11/h5-7,12-13,15-16,20,27H,3-4,8-11,14,17-19,21-22H2,1-2H3;3-5,10-11H,1-2,6-9,12-15H2;3-5,11H,6-7H2,1-2H3,(H,14,15)/i5D,8D2,11D2,12D,13D,14D2,17D2,19D2;3D,6D2,9D2,10D,11D,12D2,13D2,15D2;. The van der Waals surface area contributed by atoms with Crippen LogP contribution < -0.4 is 14.8 Å². The van der Waals surface area contributed by atoms with E-state index in [2.05, 4.69) is 21.2 Å². The van der Waals surface area contributed by atoms with Crippen molar-refractivity contribution >= 4 is 28.1 Å². The molecular formula is C58H79BrN2O10. The van der Waals surface area contributed by atoms with Crippen LogP contribution in [-0.2, 0) is 54.4 Å². The summed E-state index contributed by atoms with van der Waals surface area (Å²) in [5.74, 6) is 0.127. The molecule has 4 aromatic rings. The fraction of sp³-hybridized carbons (Fsp3) is 0.552. The predicted octanol–water partition coefficient (Wildman–Crippen LogP) is 13.5. The molecule has 0 bridgehead atoms. The topological polar surface area (TPSA) is 123 Å². The maximum Gasteiger partial charge on any atom is 0.410 e. The Morgan fingerprint density at radius 1 is 0.676 bits per heavy atom. The summed E-state index contributed by atoms with van der Waals surface area (Å²) < 4.78 is 252. The first kappa shape index (κ1) is 29.9. The van der Waals surface area contributed by atoms with Crippen LogP contribution in [0.25, 0.3) is 0 Å². The molecule has 2 atom stereocenters. The van der Waals surface area contributed by atoms with Crippen molar-refractivity contribution in [2.24, 2.45) is 0 Å². The molecule has 12 nitrogen and oxygen atoms in total. The Bertz CT molecular complexity index is 3400. The van der Waals surface area contributed by atoms with Crippen LogP contribution in [0.15, 0.2) is 96.9 Å². The molecule has 4 heterocycles. The Morgan fingerprint density at radius 2 is 1.18 bits per heavy atom. The summed E-state index contributed by atoms with van der Waals surface area (Å²) in [7, 11) is 0. The predicted molar refractivity (Wildman–Crippen MR) is 281 cm³/mol. The number of halogens is 1. The van der Waals surface area contributed by atoms with Crippen molar-refractivity contribution in [3.8, 4) is 11.5 Å². The second kappa shape index (κ2) is 29.8. The lowest BCUT2D eigenvalue weighted by Gasteiger charge is -2.32. The second-order valence-electron chi connectivity index (χ2n) is 16.9. The summed E-state index contributed by atoms with van der Waals surface area (Å²) in [6.45, 7) is -0.722. The molecule has 388 valence electrons. The van der Waals surface area contributed by atoms with Crippen LogP contribution in [0.4, 0.5) is 9.59 Å². The molecule has 1 N–H and O–H groups in total. The quantitative estimate of drug-likeness (QED) is 0.0507. The molecular weight excluding hydrogens is 965 g/mol. The number of nitrogens with zero attached hydrogens (tertiary/aromatic N) is 1. The van der Waals surface area contributed by atoms with E-state index in [0.717, 1.165) is 51.6 Å². The van der Waals surface area contributed by atoms with Gasteiger partial charge in [-0.3, -0.25) is 0 Å². The van der Waals surface area contributed by atoms with Crippen LogP contribution in [0.3, 0.4) is 0 Å². The zero-order valence-electron chi connectivity index (χ0n) is 66.2. The van der Waals surface area contributed by atoms with E-state index in [1.165, 1.54) is 0 Å². The van der Waals surface area contributed by atoms with Gasteiger partial charge in [-0.1, -0.05) is 114 Å². The van der Waals surface area contributed by atoms with Gasteiger partial charge in [0.15, 0.2) is 0 Å². The summed E-state index contributed by atoms with van der Waals surface area (Å²) in [6.07, 6.45) is -21.1. The molecule has 71 heavy (non-hydrogen) atoms. The molecule has 0 saturated carbocycles. The highest BCUT2D eigenvalue weighted by Crippen LogP contribution is 2.36. The number of benzene rings is 4. The number of alkyl halides is 1. The Hall–Kier alpha value is -4.66. The minimum Gasteiger partial charge on any atom is -0.463 e. The number of carbonyl (C=O) groups is 2. The van der Waals surface area contributed by atoms with Crippen molar-refractivity contribution in [1.82, 2.24) is 10.2 Å². The Morgan fingerprint density at radius 3 is 1.69 bits per heavy atom. The number of cyclic esters (lactones) is 2. The van der Waals surface area contributed by atoms with Crippen LogP contribution in [0.5, 0.6) is 11.5 Å². The summed E-state index contributed by atoms with van der Waals surface area (Å²) in [5, 5.41) is 1.12. The lowest BCUT2D eigenvalue weighted by molar-refractivity contribution is -0.180.